The maximum absolute atomic E-state index is 13.9. The normalized spacial score (nSPS) is 13.0. The van der Waals surface area contributed by atoms with Gasteiger partial charge in [-0.05, 0) is 63.6 Å². The van der Waals surface area contributed by atoms with Gasteiger partial charge in [0, 0.05) is 17.3 Å². The number of nitrogens with zero attached hydrogens (tertiary/aromatic N) is 3. The van der Waals surface area contributed by atoms with Crippen molar-refractivity contribution in [3.05, 3.63) is 91.8 Å². The van der Waals surface area contributed by atoms with E-state index in [-0.39, 0.29) is 23.0 Å². The van der Waals surface area contributed by atoms with Crippen molar-refractivity contribution in [2.45, 2.75) is 39.9 Å². The van der Waals surface area contributed by atoms with Gasteiger partial charge in [0.1, 0.15) is 23.1 Å². The van der Waals surface area contributed by atoms with Gasteiger partial charge in [-0.2, -0.15) is 0 Å². The Morgan fingerprint density at radius 1 is 1.08 bits per heavy atom. The lowest BCUT2D eigenvalue weighted by molar-refractivity contribution is 0.366. The Balaban J connectivity index is 1.64. The topological polar surface area (TPSA) is 127 Å². The molecule has 0 saturated heterocycles. The van der Waals surface area contributed by atoms with Crippen LogP contribution in [0.15, 0.2) is 67.2 Å². The Labute approximate surface area is 210 Å². The van der Waals surface area contributed by atoms with Crippen LogP contribution in [0.3, 0.4) is 0 Å². The van der Waals surface area contributed by atoms with E-state index in [9.17, 15) is 14.0 Å². The second-order valence-corrected chi connectivity index (χ2v) is 8.89. The van der Waals surface area contributed by atoms with Gasteiger partial charge in [-0.1, -0.05) is 17.3 Å². The van der Waals surface area contributed by atoms with Crippen molar-refractivity contribution >= 4 is 16.7 Å². The van der Waals surface area contributed by atoms with Gasteiger partial charge >= 0.3 is 5.76 Å². The molecule has 1 unspecified atom stereocenters. The van der Waals surface area contributed by atoms with E-state index in [2.05, 4.69) is 29.9 Å². The van der Waals surface area contributed by atoms with Crippen molar-refractivity contribution in [1.29, 1.82) is 0 Å². The number of pyridine rings is 2. The molecule has 0 bridgehead atoms. The smallest absolute Gasteiger partial charge is 0.439 e. The summed E-state index contributed by atoms with van der Waals surface area (Å²) in [4.78, 5) is 36.1. The van der Waals surface area contributed by atoms with E-state index < -0.39 is 11.9 Å². The molecule has 0 saturated carbocycles. The third-order valence-corrected chi connectivity index (χ3v) is 6.11. The number of hydrogen-bond donors (Lipinski definition) is 2. The molecule has 0 fully saturated rings. The highest BCUT2D eigenvalue weighted by atomic mass is 19.1. The molecule has 10 heteroatoms. The summed E-state index contributed by atoms with van der Waals surface area (Å²) >= 11 is 0. The average molecular weight is 502 g/mol. The molecule has 37 heavy (non-hydrogen) atoms. The Morgan fingerprint density at radius 3 is 2.62 bits per heavy atom. The van der Waals surface area contributed by atoms with Crippen LogP contribution in [0.5, 0.6) is 0 Å². The highest BCUT2D eigenvalue weighted by Gasteiger charge is 2.21. The second-order valence-electron chi connectivity index (χ2n) is 8.89. The van der Waals surface area contributed by atoms with Crippen LogP contribution >= 0.6 is 0 Å². The molecule has 2 atom stereocenters. The lowest BCUT2D eigenvalue weighted by Crippen LogP contribution is -2.13. The van der Waals surface area contributed by atoms with E-state index in [0.717, 1.165) is 11.1 Å². The summed E-state index contributed by atoms with van der Waals surface area (Å²) in [5, 5.41) is 7.55. The van der Waals surface area contributed by atoms with Crippen molar-refractivity contribution in [2.24, 2.45) is 0 Å². The molecule has 0 aliphatic carbocycles. The fourth-order valence-electron chi connectivity index (χ4n) is 4.29. The van der Waals surface area contributed by atoms with Crippen molar-refractivity contribution in [3.63, 3.8) is 0 Å². The number of halogens is 1. The maximum atomic E-state index is 13.9. The molecule has 0 amide bonds. The van der Waals surface area contributed by atoms with Crippen LogP contribution in [0, 0.1) is 13.8 Å². The molecule has 0 radical (unpaired) electrons. The minimum Gasteiger partial charge on any atom is -0.454 e. The predicted octanol–water partition coefficient (Wildman–Crippen LogP) is 5.41. The van der Waals surface area contributed by atoms with Crippen LogP contribution in [-0.4, -0.2) is 20.1 Å². The van der Waals surface area contributed by atoms with E-state index >= 15 is 0 Å². The Hall–Kier alpha value is -4.60. The van der Waals surface area contributed by atoms with Gasteiger partial charge in [-0.3, -0.25) is 19.3 Å². The second kappa shape index (κ2) is 9.45. The van der Waals surface area contributed by atoms with Crippen LogP contribution in [0.1, 0.15) is 48.4 Å². The summed E-state index contributed by atoms with van der Waals surface area (Å²) in [6.45, 7) is 6.91. The minimum atomic E-state index is -1.26. The quantitative estimate of drug-likeness (QED) is 0.316. The zero-order valence-electron chi connectivity index (χ0n) is 20.6. The lowest BCUT2D eigenvalue weighted by atomic mass is 9.99. The molecule has 9 nitrogen and oxygen atoms in total. The lowest BCUT2D eigenvalue weighted by Gasteiger charge is -2.19. The standard InChI is InChI=1S/C27H24FN5O4/c1-13-11-17(16(4)30-20-9-6-10-29-22(20)26-32-27(35)37-33-26)25-18(12-13)23(34)14(2)24(36-25)21-8-5-7-19(31-21)15(3)28/h5-12,15-16,30H,1-4H3,(H,32,33,35)/t15?,16-/m1/s1. The summed E-state index contributed by atoms with van der Waals surface area (Å²) in [5.74, 6) is -0.208. The van der Waals surface area contributed by atoms with E-state index in [1.807, 2.05) is 19.9 Å². The Morgan fingerprint density at radius 2 is 1.89 bits per heavy atom. The molecule has 4 heterocycles. The third kappa shape index (κ3) is 4.53. The molecule has 0 aliphatic rings. The number of aromatic amines is 1. The number of nitrogens with one attached hydrogen (secondary N) is 2. The van der Waals surface area contributed by atoms with Gasteiger partial charge in [-0.25, -0.2) is 14.2 Å². The zero-order valence-corrected chi connectivity index (χ0v) is 20.6. The maximum Gasteiger partial charge on any atom is 0.439 e. The SMILES string of the molecule is Cc1cc([C@@H](C)Nc2cccnc2-c2noc(=O)[nH]2)c2oc(-c3cccc(C(C)F)n3)c(C)c(=O)c2c1. The van der Waals surface area contributed by atoms with E-state index in [1.165, 1.54) is 6.92 Å². The summed E-state index contributed by atoms with van der Waals surface area (Å²) in [5.41, 5.74) is 3.86. The molecule has 4 aromatic heterocycles. The largest absolute Gasteiger partial charge is 0.454 e. The van der Waals surface area contributed by atoms with Crippen molar-refractivity contribution in [1.82, 2.24) is 20.1 Å². The number of benzene rings is 1. The monoisotopic (exact) mass is 501 g/mol. The first-order chi connectivity index (χ1) is 17.7. The number of aryl methyl sites for hydroxylation is 1. The number of rotatable bonds is 6. The number of alkyl halides is 1. The average Bonchev–Trinajstić information content (AvgIpc) is 3.32. The van der Waals surface area contributed by atoms with Crippen LogP contribution in [0.2, 0.25) is 0 Å². The third-order valence-electron chi connectivity index (χ3n) is 6.11. The predicted molar refractivity (Wildman–Crippen MR) is 137 cm³/mol. The van der Waals surface area contributed by atoms with E-state index in [1.54, 1.807) is 49.5 Å². The van der Waals surface area contributed by atoms with Gasteiger partial charge in [0.05, 0.1) is 22.8 Å². The minimum absolute atomic E-state index is 0.184. The first-order valence-corrected chi connectivity index (χ1v) is 11.7. The van der Waals surface area contributed by atoms with Crippen LogP contribution < -0.4 is 16.5 Å². The van der Waals surface area contributed by atoms with Crippen molar-refractivity contribution in [2.75, 3.05) is 5.32 Å². The number of hydrogen-bond acceptors (Lipinski definition) is 8. The summed E-state index contributed by atoms with van der Waals surface area (Å²) in [6, 6.07) is 11.9. The summed E-state index contributed by atoms with van der Waals surface area (Å²) < 4.78 is 24.9. The Bertz CT molecular complexity index is 1740. The molecule has 0 spiro atoms. The van der Waals surface area contributed by atoms with Crippen molar-refractivity contribution < 1.29 is 13.3 Å². The van der Waals surface area contributed by atoms with Gasteiger partial charge in [0.2, 0.25) is 5.82 Å². The number of aromatic nitrogens is 4. The highest BCUT2D eigenvalue weighted by Crippen LogP contribution is 2.33. The van der Waals surface area contributed by atoms with E-state index in [4.69, 9.17) is 4.42 Å². The fraction of sp³-hybridized carbons (Fsp3) is 0.222. The molecular weight excluding hydrogens is 477 g/mol. The van der Waals surface area contributed by atoms with Crippen LogP contribution in [-0.2, 0) is 0 Å². The summed E-state index contributed by atoms with van der Waals surface area (Å²) in [7, 11) is 0. The van der Waals surface area contributed by atoms with Crippen LogP contribution in [0.25, 0.3) is 33.9 Å². The summed E-state index contributed by atoms with van der Waals surface area (Å²) in [6.07, 6.45) is 0.316. The molecule has 1 aromatic carbocycles. The van der Waals surface area contributed by atoms with Gasteiger partial charge < -0.3 is 9.73 Å². The fourth-order valence-corrected chi connectivity index (χ4v) is 4.29. The van der Waals surface area contributed by atoms with Gasteiger partial charge in [-0.15, -0.1) is 0 Å². The Kier molecular flexibility index (Phi) is 6.16. The highest BCUT2D eigenvalue weighted by molar-refractivity contribution is 5.84. The molecule has 5 aromatic rings. The molecule has 5 rings (SSSR count). The first-order valence-electron chi connectivity index (χ1n) is 11.7. The number of fused-ring (bicyclic) bond motifs is 1. The first kappa shape index (κ1) is 24.1. The number of H-pyrrole nitrogens is 1. The molecule has 188 valence electrons. The van der Waals surface area contributed by atoms with Gasteiger partial charge in [0.25, 0.3) is 0 Å². The van der Waals surface area contributed by atoms with Crippen molar-refractivity contribution in [3.8, 4) is 23.0 Å². The molecular formula is C27H24FN5O4. The molecule has 0 aliphatic heterocycles. The number of anilines is 1. The molecule has 2 N–H and O–H groups in total. The zero-order chi connectivity index (χ0) is 26.3. The van der Waals surface area contributed by atoms with E-state index in [0.29, 0.717) is 39.4 Å². The van der Waals surface area contributed by atoms with Crippen LogP contribution in [0.4, 0.5) is 10.1 Å². The van der Waals surface area contributed by atoms with Gasteiger partial charge in [0.15, 0.2) is 11.2 Å².